The number of aromatic nitrogens is 1. The number of benzene rings is 2. The highest BCUT2D eigenvalue weighted by atomic mass is 32.1. The predicted molar refractivity (Wildman–Crippen MR) is 96.4 cm³/mol. The van der Waals surface area contributed by atoms with E-state index in [1.807, 2.05) is 66.9 Å². The lowest BCUT2D eigenvalue weighted by Crippen LogP contribution is -1.93. The fraction of sp³-hybridized carbons (Fsp3) is 0.111. The molecule has 23 heavy (non-hydrogen) atoms. The zero-order chi connectivity index (χ0) is 15.9. The Labute approximate surface area is 139 Å². The molecule has 0 aliphatic carbocycles. The Morgan fingerprint density at radius 2 is 2.04 bits per heavy atom. The van der Waals surface area contributed by atoms with Crippen molar-refractivity contribution in [2.45, 2.75) is 6.92 Å². The maximum absolute atomic E-state index is 5.47. The van der Waals surface area contributed by atoms with Crippen molar-refractivity contribution in [3.63, 3.8) is 0 Å². The average molecular weight is 323 g/mol. The molecule has 3 rings (SSSR count). The number of ether oxygens (including phenoxy) is 1. The van der Waals surface area contributed by atoms with Gasteiger partial charge in [0.25, 0.3) is 0 Å². The van der Waals surface area contributed by atoms with Crippen LogP contribution >= 0.6 is 11.3 Å². The molecule has 3 aromatic rings. The van der Waals surface area contributed by atoms with E-state index in [2.05, 4.69) is 15.5 Å². The summed E-state index contributed by atoms with van der Waals surface area (Å²) in [5.41, 5.74) is 6.00. The Bertz CT molecular complexity index is 784. The van der Waals surface area contributed by atoms with Crippen molar-refractivity contribution >= 4 is 22.7 Å². The number of hydrogen-bond donors (Lipinski definition) is 1. The second-order valence-electron chi connectivity index (χ2n) is 4.78. The summed E-state index contributed by atoms with van der Waals surface area (Å²) in [6.45, 7) is 2.62. The van der Waals surface area contributed by atoms with Crippen molar-refractivity contribution in [2.24, 2.45) is 5.10 Å². The van der Waals surface area contributed by atoms with Crippen LogP contribution in [0.25, 0.3) is 11.3 Å². The molecular weight excluding hydrogens is 306 g/mol. The minimum absolute atomic E-state index is 0.653. The molecule has 0 spiro atoms. The normalized spacial score (nSPS) is 10.8. The van der Waals surface area contributed by atoms with Gasteiger partial charge in [-0.2, -0.15) is 5.10 Å². The Morgan fingerprint density at radius 3 is 2.87 bits per heavy atom. The monoisotopic (exact) mass is 323 g/mol. The van der Waals surface area contributed by atoms with E-state index < -0.39 is 0 Å². The van der Waals surface area contributed by atoms with Gasteiger partial charge in [0.05, 0.1) is 18.5 Å². The molecule has 0 bridgehead atoms. The maximum atomic E-state index is 5.47. The van der Waals surface area contributed by atoms with Gasteiger partial charge in [0.1, 0.15) is 5.75 Å². The molecule has 116 valence electrons. The number of nitrogens with one attached hydrogen (secondary N) is 1. The van der Waals surface area contributed by atoms with Crippen LogP contribution in [0, 0.1) is 0 Å². The highest BCUT2D eigenvalue weighted by Gasteiger charge is 2.02. The molecule has 0 atom stereocenters. The van der Waals surface area contributed by atoms with Crippen molar-refractivity contribution < 1.29 is 4.74 Å². The number of nitrogens with zero attached hydrogens (tertiary/aromatic N) is 2. The lowest BCUT2D eigenvalue weighted by atomic mass is 10.2. The first kappa shape index (κ1) is 15.2. The second-order valence-corrected chi connectivity index (χ2v) is 5.64. The number of hydrazone groups is 1. The molecule has 1 N–H and O–H groups in total. The van der Waals surface area contributed by atoms with Gasteiger partial charge in [0.2, 0.25) is 5.13 Å². The summed E-state index contributed by atoms with van der Waals surface area (Å²) in [6, 6.07) is 17.9. The van der Waals surface area contributed by atoms with Gasteiger partial charge in [0.15, 0.2) is 0 Å². The summed E-state index contributed by atoms with van der Waals surface area (Å²) in [5.74, 6) is 0.845. The van der Waals surface area contributed by atoms with Gasteiger partial charge in [-0.25, -0.2) is 4.98 Å². The number of rotatable bonds is 6. The molecule has 4 nitrogen and oxygen atoms in total. The van der Waals surface area contributed by atoms with Crippen LogP contribution in [0.2, 0.25) is 0 Å². The molecule has 0 radical (unpaired) electrons. The Kier molecular flexibility index (Phi) is 5.01. The standard InChI is InChI=1S/C18H17N3OS/c1-2-22-16-10-6-7-14(11-16)12-19-21-18-20-17(13-23-18)15-8-4-3-5-9-15/h3-13H,2H2,1H3,(H,20,21)/b19-12-. The largest absolute Gasteiger partial charge is 0.494 e. The molecular formula is C18H17N3OS. The molecule has 0 aliphatic rings. The van der Waals surface area contributed by atoms with E-state index in [0.29, 0.717) is 6.61 Å². The smallest absolute Gasteiger partial charge is 0.203 e. The van der Waals surface area contributed by atoms with Crippen molar-refractivity contribution in [2.75, 3.05) is 12.0 Å². The van der Waals surface area contributed by atoms with E-state index in [4.69, 9.17) is 4.74 Å². The number of thiazole rings is 1. The molecule has 1 aromatic heterocycles. The quantitative estimate of drug-likeness (QED) is 0.530. The van der Waals surface area contributed by atoms with Gasteiger partial charge in [0, 0.05) is 10.9 Å². The van der Waals surface area contributed by atoms with Gasteiger partial charge in [-0.05, 0) is 24.6 Å². The van der Waals surface area contributed by atoms with Crippen LogP contribution in [0.1, 0.15) is 12.5 Å². The van der Waals surface area contributed by atoms with Crippen LogP contribution in [0.5, 0.6) is 5.75 Å². The first-order valence-corrected chi connectivity index (χ1v) is 8.26. The highest BCUT2D eigenvalue weighted by Crippen LogP contribution is 2.24. The lowest BCUT2D eigenvalue weighted by Gasteiger charge is -2.02. The zero-order valence-electron chi connectivity index (χ0n) is 12.8. The molecule has 0 amide bonds. The van der Waals surface area contributed by atoms with E-state index in [1.54, 1.807) is 6.21 Å². The van der Waals surface area contributed by atoms with E-state index in [0.717, 1.165) is 27.7 Å². The topological polar surface area (TPSA) is 46.5 Å². The summed E-state index contributed by atoms with van der Waals surface area (Å²) in [6.07, 6.45) is 1.76. The van der Waals surface area contributed by atoms with Crippen molar-refractivity contribution in [1.82, 2.24) is 4.98 Å². The summed E-state index contributed by atoms with van der Waals surface area (Å²) in [7, 11) is 0. The summed E-state index contributed by atoms with van der Waals surface area (Å²) < 4.78 is 5.47. The van der Waals surface area contributed by atoms with Crippen molar-refractivity contribution in [1.29, 1.82) is 0 Å². The molecule has 5 heteroatoms. The van der Waals surface area contributed by atoms with E-state index >= 15 is 0 Å². The lowest BCUT2D eigenvalue weighted by molar-refractivity contribution is 0.340. The molecule has 0 saturated carbocycles. The molecule has 0 aliphatic heterocycles. The predicted octanol–water partition coefficient (Wildman–Crippen LogP) is 4.65. The summed E-state index contributed by atoms with van der Waals surface area (Å²) >= 11 is 1.53. The van der Waals surface area contributed by atoms with E-state index in [1.165, 1.54) is 11.3 Å². The fourth-order valence-corrected chi connectivity index (χ4v) is 2.75. The third kappa shape index (κ3) is 4.17. The van der Waals surface area contributed by atoms with Crippen LogP contribution in [0.3, 0.4) is 0 Å². The Hall–Kier alpha value is -2.66. The van der Waals surface area contributed by atoms with Crippen molar-refractivity contribution in [3.8, 4) is 17.0 Å². The fourth-order valence-electron chi connectivity index (χ4n) is 2.08. The van der Waals surface area contributed by atoms with Crippen LogP contribution in [-0.2, 0) is 0 Å². The molecule has 0 unspecified atom stereocenters. The average Bonchev–Trinajstić information content (AvgIpc) is 3.05. The van der Waals surface area contributed by atoms with Gasteiger partial charge in [-0.15, -0.1) is 11.3 Å². The van der Waals surface area contributed by atoms with Gasteiger partial charge in [-0.1, -0.05) is 42.5 Å². The second kappa shape index (κ2) is 7.56. The van der Waals surface area contributed by atoms with E-state index in [-0.39, 0.29) is 0 Å². The number of anilines is 1. The number of hydrogen-bond acceptors (Lipinski definition) is 5. The van der Waals surface area contributed by atoms with Crippen LogP contribution in [0.15, 0.2) is 65.1 Å². The molecule has 1 heterocycles. The van der Waals surface area contributed by atoms with Gasteiger partial charge >= 0.3 is 0 Å². The van der Waals surface area contributed by atoms with Crippen LogP contribution < -0.4 is 10.2 Å². The molecule has 2 aromatic carbocycles. The minimum Gasteiger partial charge on any atom is -0.494 e. The van der Waals surface area contributed by atoms with Crippen LogP contribution in [0.4, 0.5) is 5.13 Å². The summed E-state index contributed by atoms with van der Waals surface area (Å²) in [4.78, 5) is 4.53. The van der Waals surface area contributed by atoms with E-state index in [9.17, 15) is 0 Å². The van der Waals surface area contributed by atoms with Gasteiger partial charge in [-0.3, -0.25) is 5.43 Å². The highest BCUT2D eigenvalue weighted by molar-refractivity contribution is 7.14. The summed E-state index contributed by atoms with van der Waals surface area (Å²) in [5, 5.41) is 7.02. The maximum Gasteiger partial charge on any atom is 0.203 e. The third-order valence-corrected chi connectivity index (χ3v) is 3.86. The Morgan fingerprint density at radius 1 is 1.17 bits per heavy atom. The first-order chi connectivity index (χ1) is 11.3. The first-order valence-electron chi connectivity index (χ1n) is 7.38. The Balaban J connectivity index is 1.64. The van der Waals surface area contributed by atoms with Crippen molar-refractivity contribution in [3.05, 3.63) is 65.5 Å². The van der Waals surface area contributed by atoms with Gasteiger partial charge < -0.3 is 4.74 Å². The SMILES string of the molecule is CCOc1cccc(/C=N\Nc2nc(-c3ccccc3)cs2)c1. The molecule has 0 saturated heterocycles. The zero-order valence-corrected chi connectivity index (χ0v) is 13.6. The van der Waals surface area contributed by atoms with Crippen LogP contribution in [-0.4, -0.2) is 17.8 Å². The minimum atomic E-state index is 0.653. The third-order valence-electron chi connectivity index (χ3n) is 3.12. The molecule has 0 fully saturated rings.